The van der Waals surface area contributed by atoms with Crippen molar-refractivity contribution < 1.29 is 4.42 Å². The van der Waals surface area contributed by atoms with Gasteiger partial charge >= 0.3 is 0 Å². The minimum absolute atomic E-state index is 0.259. The van der Waals surface area contributed by atoms with E-state index in [0.29, 0.717) is 5.02 Å². The number of rotatable bonds is 4. The molecule has 1 unspecified atom stereocenters. The lowest BCUT2D eigenvalue weighted by molar-refractivity contribution is 0.431. The molecule has 0 aliphatic carbocycles. The molecular weight excluding hydrogens is 314 g/mol. The van der Waals surface area contributed by atoms with E-state index in [-0.39, 0.29) is 6.04 Å². The average Bonchev–Trinajstić information content (AvgIpc) is 2.84. The molecular formula is C14H15BrClNO. The molecule has 0 amide bonds. The van der Waals surface area contributed by atoms with E-state index < -0.39 is 0 Å². The molecule has 0 bridgehead atoms. The molecule has 0 spiro atoms. The predicted octanol–water partition coefficient (Wildman–Crippen LogP) is 5.03. The van der Waals surface area contributed by atoms with Crippen LogP contribution in [0.25, 0.3) is 11.3 Å². The second kappa shape index (κ2) is 5.91. The summed E-state index contributed by atoms with van der Waals surface area (Å²) in [5.41, 5.74) is 1.02. The van der Waals surface area contributed by atoms with Gasteiger partial charge < -0.3 is 9.73 Å². The molecule has 2 aromatic rings. The van der Waals surface area contributed by atoms with Crippen molar-refractivity contribution >= 4 is 27.5 Å². The van der Waals surface area contributed by atoms with E-state index >= 15 is 0 Å². The molecule has 18 heavy (non-hydrogen) atoms. The number of hydrogen-bond acceptors (Lipinski definition) is 2. The predicted molar refractivity (Wildman–Crippen MR) is 78.9 cm³/mol. The van der Waals surface area contributed by atoms with E-state index in [2.05, 4.69) is 28.2 Å². The zero-order valence-electron chi connectivity index (χ0n) is 10.3. The van der Waals surface area contributed by atoms with Gasteiger partial charge in [0.2, 0.25) is 0 Å². The Morgan fingerprint density at radius 3 is 2.72 bits per heavy atom. The first-order valence-corrected chi connectivity index (χ1v) is 7.05. The van der Waals surface area contributed by atoms with Gasteiger partial charge in [-0.15, -0.1) is 0 Å². The van der Waals surface area contributed by atoms with Gasteiger partial charge in [-0.3, -0.25) is 0 Å². The third-order valence-electron chi connectivity index (χ3n) is 2.93. The summed E-state index contributed by atoms with van der Waals surface area (Å²) in [7, 11) is 1.94. The Balaban J connectivity index is 2.31. The summed E-state index contributed by atoms with van der Waals surface area (Å²) in [5.74, 6) is 1.82. The number of benzene rings is 1. The van der Waals surface area contributed by atoms with E-state index in [1.807, 2.05) is 37.4 Å². The summed E-state index contributed by atoms with van der Waals surface area (Å²) in [4.78, 5) is 0. The van der Waals surface area contributed by atoms with E-state index in [4.69, 9.17) is 16.0 Å². The van der Waals surface area contributed by atoms with Crippen molar-refractivity contribution in [1.29, 1.82) is 0 Å². The molecule has 0 aliphatic heterocycles. The van der Waals surface area contributed by atoms with Crippen molar-refractivity contribution in [3.8, 4) is 11.3 Å². The Morgan fingerprint density at radius 1 is 1.33 bits per heavy atom. The SMILES string of the molecule is CCC(NC)c1ccc(-c2ccc(Cl)c(Br)c2)o1. The van der Waals surface area contributed by atoms with Gasteiger partial charge in [0.05, 0.1) is 11.1 Å². The normalized spacial score (nSPS) is 12.7. The third kappa shape index (κ3) is 2.79. The van der Waals surface area contributed by atoms with Gasteiger partial charge in [0.25, 0.3) is 0 Å². The fourth-order valence-electron chi connectivity index (χ4n) is 1.89. The standard InChI is InChI=1S/C14H15BrClNO/c1-3-12(17-2)14-7-6-13(18-14)9-4-5-11(16)10(15)8-9/h4-8,12,17H,3H2,1-2H3. The quantitative estimate of drug-likeness (QED) is 0.851. The minimum Gasteiger partial charge on any atom is -0.459 e. The summed E-state index contributed by atoms with van der Waals surface area (Å²) < 4.78 is 6.76. The monoisotopic (exact) mass is 327 g/mol. The maximum Gasteiger partial charge on any atom is 0.134 e. The van der Waals surface area contributed by atoms with Gasteiger partial charge in [0.1, 0.15) is 11.5 Å². The van der Waals surface area contributed by atoms with Crippen LogP contribution in [0.2, 0.25) is 5.02 Å². The topological polar surface area (TPSA) is 25.2 Å². The Kier molecular flexibility index (Phi) is 4.49. The lowest BCUT2D eigenvalue weighted by Gasteiger charge is -2.10. The summed E-state index contributed by atoms with van der Waals surface area (Å²) >= 11 is 9.40. The molecule has 4 heteroatoms. The molecule has 96 valence electrons. The van der Waals surface area contributed by atoms with Gasteiger partial charge in [-0.25, -0.2) is 0 Å². The van der Waals surface area contributed by atoms with Crippen molar-refractivity contribution in [2.45, 2.75) is 19.4 Å². The van der Waals surface area contributed by atoms with Gasteiger partial charge in [0, 0.05) is 10.0 Å². The number of hydrogen-bond donors (Lipinski definition) is 1. The van der Waals surface area contributed by atoms with Gasteiger partial charge in [-0.2, -0.15) is 0 Å². The first-order valence-electron chi connectivity index (χ1n) is 5.88. The number of halogens is 2. The number of nitrogens with one attached hydrogen (secondary N) is 1. The van der Waals surface area contributed by atoms with Gasteiger partial charge in [-0.1, -0.05) is 18.5 Å². The van der Waals surface area contributed by atoms with Crippen LogP contribution >= 0.6 is 27.5 Å². The van der Waals surface area contributed by atoms with Gasteiger partial charge in [-0.05, 0) is 59.7 Å². The first kappa shape index (κ1) is 13.7. The Labute approximate surface area is 120 Å². The van der Waals surface area contributed by atoms with Crippen LogP contribution in [0.3, 0.4) is 0 Å². The summed E-state index contributed by atoms with van der Waals surface area (Å²) in [6.07, 6.45) is 0.994. The summed E-state index contributed by atoms with van der Waals surface area (Å²) in [6, 6.07) is 10.0. The second-order valence-corrected chi connectivity index (χ2v) is 5.34. The molecule has 1 aromatic carbocycles. The highest BCUT2D eigenvalue weighted by molar-refractivity contribution is 9.10. The molecule has 2 rings (SSSR count). The van der Waals surface area contributed by atoms with E-state index in [0.717, 1.165) is 28.0 Å². The molecule has 2 nitrogen and oxygen atoms in total. The van der Waals surface area contributed by atoms with Crippen LogP contribution in [0.4, 0.5) is 0 Å². The Morgan fingerprint density at radius 2 is 2.11 bits per heavy atom. The van der Waals surface area contributed by atoms with Crippen molar-refractivity contribution in [2.24, 2.45) is 0 Å². The Bertz CT molecular complexity index is 534. The van der Waals surface area contributed by atoms with Crippen LogP contribution in [-0.4, -0.2) is 7.05 Å². The maximum absolute atomic E-state index is 5.98. The van der Waals surface area contributed by atoms with Crippen molar-refractivity contribution in [3.05, 3.63) is 45.6 Å². The maximum atomic E-state index is 5.98. The second-order valence-electron chi connectivity index (χ2n) is 4.08. The molecule has 0 radical (unpaired) electrons. The van der Waals surface area contributed by atoms with E-state index in [1.54, 1.807) is 0 Å². The lowest BCUT2D eigenvalue weighted by atomic mass is 10.1. The summed E-state index contributed by atoms with van der Waals surface area (Å²) in [5, 5.41) is 3.93. The van der Waals surface area contributed by atoms with Crippen molar-refractivity contribution in [1.82, 2.24) is 5.32 Å². The molecule has 1 heterocycles. The fourth-order valence-corrected chi connectivity index (χ4v) is 2.39. The zero-order chi connectivity index (χ0) is 13.1. The zero-order valence-corrected chi connectivity index (χ0v) is 12.7. The molecule has 0 saturated heterocycles. The molecule has 1 N–H and O–H groups in total. The molecule has 1 atom stereocenters. The van der Waals surface area contributed by atoms with Crippen LogP contribution in [0.1, 0.15) is 25.1 Å². The molecule has 0 fully saturated rings. The third-order valence-corrected chi connectivity index (χ3v) is 4.15. The highest BCUT2D eigenvalue weighted by Crippen LogP contribution is 2.31. The van der Waals surface area contributed by atoms with Crippen molar-refractivity contribution in [2.75, 3.05) is 7.05 Å². The molecule has 0 saturated carbocycles. The minimum atomic E-state index is 0.259. The summed E-state index contributed by atoms with van der Waals surface area (Å²) in [6.45, 7) is 2.13. The fraction of sp³-hybridized carbons (Fsp3) is 0.286. The Hall–Kier alpha value is -0.770. The van der Waals surface area contributed by atoms with Crippen LogP contribution in [0.5, 0.6) is 0 Å². The molecule has 1 aromatic heterocycles. The average molecular weight is 329 g/mol. The lowest BCUT2D eigenvalue weighted by Crippen LogP contribution is -2.14. The van der Waals surface area contributed by atoms with Crippen molar-refractivity contribution in [3.63, 3.8) is 0 Å². The van der Waals surface area contributed by atoms with Crippen LogP contribution < -0.4 is 5.32 Å². The smallest absolute Gasteiger partial charge is 0.134 e. The van der Waals surface area contributed by atoms with E-state index in [1.165, 1.54) is 0 Å². The largest absolute Gasteiger partial charge is 0.459 e. The van der Waals surface area contributed by atoms with Crippen LogP contribution in [0, 0.1) is 0 Å². The van der Waals surface area contributed by atoms with Gasteiger partial charge in [0.15, 0.2) is 0 Å². The first-order chi connectivity index (χ1) is 8.65. The van der Waals surface area contributed by atoms with Crippen LogP contribution in [-0.2, 0) is 0 Å². The number of furan rings is 1. The highest BCUT2D eigenvalue weighted by atomic mass is 79.9. The van der Waals surface area contributed by atoms with Crippen LogP contribution in [0.15, 0.2) is 39.2 Å². The highest BCUT2D eigenvalue weighted by Gasteiger charge is 2.12. The molecule has 0 aliphatic rings. The van der Waals surface area contributed by atoms with E-state index in [9.17, 15) is 0 Å².